The van der Waals surface area contributed by atoms with Crippen LogP contribution in [0.15, 0.2) is 48.5 Å². The molecule has 0 saturated heterocycles. The fourth-order valence-corrected chi connectivity index (χ4v) is 4.13. The van der Waals surface area contributed by atoms with Crippen molar-refractivity contribution in [2.75, 3.05) is 14.2 Å². The molecule has 1 atom stereocenters. The molecule has 0 radical (unpaired) electrons. The first-order valence-corrected chi connectivity index (χ1v) is 10.5. The SMILES string of the molecule is COc1cc(CS(=O)(=O)[C@@H](C)C(=O)N(C)Cc2ccccc2)ccc1OC(F)F. The van der Waals surface area contributed by atoms with Gasteiger partial charge in [0.15, 0.2) is 21.3 Å². The Morgan fingerprint density at radius 1 is 1.07 bits per heavy atom. The smallest absolute Gasteiger partial charge is 0.387 e. The van der Waals surface area contributed by atoms with Gasteiger partial charge < -0.3 is 14.4 Å². The number of halogens is 2. The van der Waals surface area contributed by atoms with Gasteiger partial charge in [-0.05, 0) is 30.2 Å². The lowest BCUT2D eigenvalue weighted by Gasteiger charge is -2.22. The molecule has 9 heteroatoms. The molecule has 0 aromatic heterocycles. The van der Waals surface area contributed by atoms with E-state index < -0.39 is 33.4 Å². The molecule has 0 heterocycles. The molecule has 0 unspecified atom stereocenters. The molecule has 1 amide bonds. The lowest BCUT2D eigenvalue weighted by molar-refractivity contribution is -0.129. The molecule has 0 aliphatic heterocycles. The van der Waals surface area contributed by atoms with Gasteiger partial charge in [-0.25, -0.2) is 8.42 Å². The van der Waals surface area contributed by atoms with Crippen molar-refractivity contribution in [2.24, 2.45) is 0 Å². The van der Waals surface area contributed by atoms with Crippen LogP contribution in [-0.4, -0.2) is 45.2 Å². The van der Waals surface area contributed by atoms with E-state index in [2.05, 4.69) is 4.74 Å². The predicted molar refractivity (Wildman–Crippen MR) is 105 cm³/mol. The first kappa shape index (κ1) is 22.6. The number of amides is 1. The van der Waals surface area contributed by atoms with E-state index in [4.69, 9.17) is 4.74 Å². The summed E-state index contributed by atoms with van der Waals surface area (Å²) >= 11 is 0. The number of rotatable bonds is 9. The summed E-state index contributed by atoms with van der Waals surface area (Å²) in [5, 5.41) is -1.26. The number of sulfone groups is 1. The van der Waals surface area contributed by atoms with Crippen molar-refractivity contribution in [1.82, 2.24) is 4.90 Å². The highest BCUT2D eigenvalue weighted by atomic mass is 32.2. The van der Waals surface area contributed by atoms with E-state index in [1.165, 1.54) is 37.1 Å². The number of carbonyl (C=O) groups is 1. The molecule has 0 bridgehead atoms. The Balaban J connectivity index is 2.12. The summed E-state index contributed by atoms with van der Waals surface area (Å²) in [4.78, 5) is 14.0. The quantitative estimate of drug-likeness (QED) is 0.614. The largest absolute Gasteiger partial charge is 0.493 e. The Morgan fingerprint density at radius 3 is 2.31 bits per heavy atom. The number of hydrogen-bond acceptors (Lipinski definition) is 5. The van der Waals surface area contributed by atoms with E-state index in [1.54, 1.807) is 7.05 Å². The second-order valence-corrected chi connectivity index (χ2v) is 8.81. The highest BCUT2D eigenvalue weighted by Gasteiger charge is 2.30. The first-order valence-electron chi connectivity index (χ1n) is 8.76. The Labute approximate surface area is 169 Å². The second-order valence-electron chi connectivity index (χ2n) is 6.49. The van der Waals surface area contributed by atoms with Crippen molar-refractivity contribution >= 4 is 15.7 Å². The molecule has 0 fully saturated rings. The Morgan fingerprint density at radius 2 is 1.72 bits per heavy atom. The van der Waals surface area contributed by atoms with Gasteiger partial charge >= 0.3 is 6.61 Å². The van der Waals surface area contributed by atoms with Crippen LogP contribution < -0.4 is 9.47 Å². The van der Waals surface area contributed by atoms with Crippen LogP contribution in [0.2, 0.25) is 0 Å². The fraction of sp³-hybridized carbons (Fsp3) is 0.350. The number of hydrogen-bond donors (Lipinski definition) is 0. The van der Waals surface area contributed by atoms with Crippen LogP contribution >= 0.6 is 0 Å². The summed E-state index contributed by atoms with van der Waals surface area (Å²) in [7, 11) is -1.04. The zero-order valence-corrected chi connectivity index (χ0v) is 17.2. The molecule has 6 nitrogen and oxygen atoms in total. The summed E-state index contributed by atoms with van der Waals surface area (Å²) in [5.41, 5.74) is 1.18. The highest BCUT2D eigenvalue weighted by Crippen LogP contribution is 2.30. The molecule has 0 aliphatic rings. The Bertz CT molecular complexity index is 935. The van der Waals surface area contributed by atoms with Crippen LogP contribution in [0.3, 0.4) is 0 Å². The minimum absolute atomic E-state index is 0.0156. The maximum Gasteiger partial charge on any atom is 0.387 e. The van der Waals surface area contributed by atoms with E-state index in [9.17, 15) is 22.0 Å². The van der Waals surface area contributed by atoms with E-state index in [-0.39, 0.29) is 18.0 Å². The third-order valence-corrected chi connectivity index (χ3v) is 6.35. The molecule has 0 spiro atoms. The average molecular weight is 427 g/mol. The lowest BCUT2D eigenvalue weighted by atomic mass is 10.2. The molecular weight excluding hydrogens is 404 g/mol. The predicted octanol–water partition coefficient (Wildman–Crippen LogP) is 3.26. The Hall–Kier alpha value is -2.68. The zero-order valence-electron chi connectivity index (χ0n) is 16.3. The second kappa shape index (κ2) is 9.69. The molecular formula is C20H23F2NO5S. The van der Waals surface area contributed by atoms with Gasteiger partial charge in [-0.2, -0.15) is 8.78 Å². The monoisotopic (exact) mass is 427 g/mol. The number of methoxy groups -OCH3 is 1. The fourth-order valence-electron chi connectivity index (χ4n) is 2.75. The topological polar surface area (TPSA) is 72.9 Å². The number of alkyl halides is 2. The molecule has 2 aromatic rings. The maximum absolute atomic E-state index is 12.7. The van der Waals surface area contributed by atoms with Crippen LogP contribution in [0.5, 0.6) is 11.5 Å². The van der Waals surface area contributed by atoms with Crippen LogP contribution in [0, 0.1) is 0 Å². The summed E-state index contributed by atoms with van der Waals surface area (Å²) < 4.78 is 59.6. The van der Waals surface area contributed by atoms with E-state index in [0.717, 1.165) is 5.56 Å². The van der Waals surface area contributed by atoms with Crippen LogP contribution in [0.1, 0.15) is 18.1 Å². The van der Waals surface area contributed by atoms with Crippen molar-refractivity contribution in [3.8, 4) is 11.5 Å². The van der Waals surface area contributed by atoms with Crippen molar-refractivity contribution in [3.63, 3.8) is 0 Å². The molecule has 0 saturated carbocycles. The van der Waals surface area contributed by atoms with Gasteiger partial charge in [-0.1, -0.05) is 36.4 Å². The zero-order chi connectivity index (χ0) is 21.6. The number of nitrogens with zero attached hydrogens (tertiary/aromatic N) is 1. The van der Waals surface area contributed by atoms with Crippen LogP contribution in [-0.2, 0) is 26.9 Å². The Kier molecular flexibility index (Phi) is 7.55. The number of ether oxygens (including phenoxy) is 2. The molecule has 0 aliphatic carbocycles. The average Bonchev–Trinajstić information content (AvgIpc) is 2.68. The van der Waals surface area contributed by atoms with Crippen molar-refractivity contribution in [2.45, 2.75) is 31.1 Å². The van der Waals surface area contributed by atoms with Crippen molar-refractivity contribution < 1.29 is 31.5 Å². The summed E-state index contributed by atoms with van der Waals surface area (Å²) in [6.07, 6.45) is 0. The normalized spacial score (nSPS) is 12.5. The van der Waals surface area contributed by atoms with E-state index in [0.29, 0.717) is 5.56 Å². The van der Waals surface area contributed by atoms with Crippen molar-refractivity contribution in [1.29, 1.82) is 0 Å². The van der Waals surface area contributed by atoms with Gasteiger partial charge in [-0.3, -0.25) is 4.79 Å². The summed E-state index contributed by atoms with van der Waals surface area (Å²) in [6.45, 7) is -1.41. The molecule has 29 heavy (non-hydrogen) atoms. The first-order chi connectivity index (χ1) is 13.6. The molecule has 2 aromatic carbocycles. The third-order valence-electron chi connectivity index (χ3n) is 4.34. The standard InChI is InChI=1S/C20H23F2NO5S/c1-14(19(24)23(2)12-15-7-5-4-6-8-15)29(25,26)13-16-9-10-17(28-20(21)22)18(11-16)27-3/h4-11,14,20H,12-13H2,1-3H3/t14-/m0/s1. The summed E-state index contributed by atoms with van der Waals surface area (Å²) in [5.74, 6) is -1.18. The van der Waals surface area contributed by atoms with Gasteiger partial charge in [0, 0.05) is 13.6 Å². The van der Waals surface area contributed by atoms with E-state index in [1.807, 2.05) is 30.3 Å². The molecule has 2 rings (SSSR count). The molecule has 0 N–H and O–H groups in total. The highest BCUT2D eigenvalue weighted by molar-refractivity contribution is 7.92. The number of carbonyl (C=O) groups excluding carboxylic acids is 1. The van der Waals surface area contributed by atoms with Gasteiger partial charge in [-0.15, -0.1) is 0 Å². The van der Waals surface area contributed by atoms with Crippen LogP contribution in [0.4, 0.5) is 8.78 Å². The number of benzene rings is 2. The maximum atomic E-state index is 12.7. The summed E-state index contributed by atoms with van der Waals surface area (Å²) in [6, 6.07) is 13.1. The third kappa shape index (κ3) is 6.15. The molecule has 158 valence electrons. The van der Waals surface area contributed by atoms with Crippen LogP contribution in [0.25, 0.3) is 0 Å². The van der Waals surface area contributed by atoms with Gasteiger partial charge in [0.05, 0.1) is 12.9 Å². The van der Waals surface area contributed by atoms with E-state index >= 15 is 0 Å². The van der Waals surface area contributed by atoms with Gasteiger partial charge in [0.25, 0.3) is 0 Å². The van der Waals surface area contributed by atoms with Gasteiger partial charge in [0.1, 0.15) is 5.25 Å². The van der Waals surface area contributed by atoms with Gasteiger partial charge in [0.2, 0.25) is 5.91 Å². The lowest BCUT2D eigenvalue weighted by Crippen LogP contribution is -2.39. The minimum atomic E-state index is -3.85. The minimum Gasteiger partial charge on any atom is -0.493 e. The van der Waals surface area contributed by atoms with Crippen molar-refractivity contribution in [3.05, 3.63) is 59.7 Å².